The number of carbonyl (C=O) groups excluding carboxylic acids is 1. The lowest BCUT2D eigenvalue weighted by molar-refractivity contribution is -0.145. The Bertz CT molecular complexity index is 630. The van der Waals surface area contributed by atoms with Gasteiger partial charge in [-0.05, 0) is 62.9 Å². The van der Waals surface area contributed by atoms with Crippen LogP contribution in [0.25, 0.3) is 0 Å². The van der Waals surface area contributed by atoms with Crippen LogP contribution in [0.15, 0.2) is 47.1 Å². The summed E-state index contributed by atoms with van der Waals surface area (Å²) in [6.45, 7) is 13.5. The zero-order valence-corrected chi connectivity index (χ0v) is 16.8. The number of carbonyl (C=O) groups is 1. The molecule has 0 bridgehead atoms. The van der Waals surface area contributed by atoms with Gasteiger partial charge in [0.1, 0.15) is 0 Å². The van der Waals surface area contributed by atoms with Gasteiger partial charge in [0.05, 0.1) is 12.5 Å². The summed E-state index contributed by atoms with van der Waals surface area (Å²) in [5.41, 5.74) is 4.50. The van der Waals surface area contributed by atoms with E-state index in [1.54, 1.807) is 0 Å². The normalized spacial score (nSPS) is 29.5. The molecule has 2 atom stereocenters. The van der Waals surface area contributed by atoms with Crippen LogP contribution in [0, 0.1) is 16.7 Å². The van der Waals surface area contributed by atoms with E-state index in [4.69, 9.17) is 4.74 Å². The monoisotopic (exact) mass is 342 g/mol. The lowest BCUT2D eigenvalue weighted by Gasteiger charge is -2.32. The summed E-state index contributed by atoms with van der Waals surface area (Å²) in [5, 5.41) is 0. The van der Waals surface area contributed by atoms with Crippen LogP contribution in [-0.2, 0) is 9.53 Å². The van der Waals surface area contributed by atoms with Crippen molar-refractivity contribution in [1.82, 2.24) is 0 Å². The fourth-order valence-electron chi connectivity index (χ4n) is 3.86. The van der Waals surface area contributed by atoms with Crippen molar-refractivity contribution in [3.63, 3.8) is 0 Å². The highest BCUT2D eigenvalue weighted by Crippen LogP contribution is 2.54. The molecular weight excluding hydrogens is 308 g/mol. The van der Waals surface area contributed by atoms with Gasteiger partial charge in [-0.3, -0.25) is 4.79 Å². The van der Waals surface area contributed by atoms with Crippen LogP contribution < -0.4 is 0 Å². The molecule has 1 fully saturated rings. The van der Waals surface area contributed by atoms with Gasteiger partial charge in [0, 0.05) is 0 Å². The summed E-state index contributed by atoms with van der Waals surface area (Å²) in [4.78, 5) is 11.8. The second kappa shape index (κ2) is 7.76. The molecule has 0 aromatic heterocycles. The van der Waals surface area contributed by atoms with E-state index < -0.39 is 0 Å². The van der Waals surface area contributed by atoms with Crippen molar-refractivity contribution in [2.75, 3.05) is 6.61 Å². The topological polar surface area (TPSA) is 26.3 Å². The molecule has 0 aliphatic heterocycles. The lowest BCUT2D eigenvalue weighted by Crippen LogP contribution is -2.19. The predicted octanol–water partition coefficient (Wildman–Crippen LogP) is 6.16. The van der Waals surface area contributed by atoms with Crippen LogP contribution in [0.3, 0.4) is 0 Å². The Morgan fingerprint density at radius 3 is 2.68 bits per heavy atom. The van der Waals surface area contributed by atoms with E-state index in [0.29, 0.717) is 6.61 Å². The van der Waals surface area contributed by atoms with Crippen LogP contribution in [0.5, 0.6) is 0 Å². The lowest BCUT2D eigenvalue weighted by atomic mass is 9.72. The first-order chi connectivity index (χ1) is 11.7. The molecule has 0 N–H and O–H groups in total. The van der Waals surface area contributed by atoms with Crippen LogP contribution in [0.4, 0.5) is 0 Å². The Balaban J connectivity index is 1.97. The minimum Gasteiger partial charge on any atom is -0.466 e. The molecule has 0 aromatic rings. The first kappa shape index (κ1) is 19.8. The molecule has 0 saturated heterocycles. The maximum Gasteiger partial charge on any atom is 0.309 e. The molecule has 2 heteroatoms. The van der Waals surface area contributed by atoms with Gasteiger partial charge in [-0.25, -0.2) is 0 Å². The van der Waals surface area contributed by atoms with Gasteiger partial charge in [-0.2, -0.15) is 0 Å². The van der Waals surface area contributed by atoms with Gasteiger partial charge < -0.3 is 4.74 Å². The first-order valence-electron chi connectivity index (χ1n) is 9.60. The largest absolute Gasteiger partial charge is 0.466 e. The Labute approximate surface area is 153 Å². The van der Waals surface area contributed by atoms with Crippen molar-refractivity contribution in [2.24, 2.45) is 16.7 Å². The standard InChI is InChI=1S/C23H34O2/c1-7-25-21(24)20-16-23(20,6)15-8-10-17(2)12-13-19-18(3)11-9-14-22(19,4)5/h8,10,12-13,15,20H,7,9,11,14,16H2,1-6H3/b13-12+,15-8+,17-10+. The minimum atomic E-state index is -0.0582. The minimum absolute atomic E-state index is 0.0305. The zero-order chi connectivity index (χ0) is 18.7. The molecule has 0 radical (unpaired) electrons. The second-order valence-electron chi connectivity index (χ2n) is 8.55. The fourth-order valence-corrected chi connectivity index (χ4v) is 3.86. The average molecular weight is 343 g/mol. The van der Waals surface area contributed by atoms with Crippen LogP contribution in [0.1, 0.15) is 67.2 Å². The SMILES string of the molecule is CCOC(=O)C1CC1(C)/C=C/C=C(C)/C=C/C1=C(C)CCCC1(C)C. The van der Waals surface area contributed by atoms with Crippen molar-refractivity contribution < 1.29 is 9.53 Å². The second-order valence-corrected chi connectivity index (χ2v) is 8.55. The molecule has 0 aromatic carbocycles. The number of ether oxygens (including phenoxy) is 1. The molecule has 2 rings (SSSR count). The molecule has 2 nitrogen and oxygen atoms in total. The number of rotatable bonds is 6. The highest BCUT2D eigenvalue weighted by Gasteiger charge is 2.53. The van der Waals surface area contributed by atoms with Crippen LogP contribution >= 0.6 is 0 Å². The maximum atomic E-state index is 11.8. The molecule has 0 amide bonds. The van der Waals surface area contributed by atoms with E-state index in [1.807, 2.05) is 6.92 Å². The van der Waals surface area contributed by atoms with E-state index in [1.165, 1.54) is 36.0 Å². The predicted molar refractivity (Wildman–Crippen MR) is 105 cm³/mol. The molecule has 25 heavy (non-hydrogen) atoms. The van der Waals surface area contributed by atoms with E-state index in [0.717, 1.165) is 6.42 Å². The fraction of sp³-hybridized carbons (Fsp3) is 0.609. The highest BCUT2D eigenvalue weighted by atomic mass is 16.5. The average Bonchev–Trinajstić information content (AvgIpc) is 3.18. The van der Waals surface area contributed by atoms with Crippen LogP contribution in [-0.4, -0.2) is 12.6 Å². The van der Waals surface area contributed by atoms with Gasteiger partial charge in [0.15, 0.2) is 0 Å². The maximum absolute atomic E-state index is 11.8. The highest BCUT2D eigenvalue weighted by molar-refractivity contribution is 5.77. The molecule has 0 heterocycles. The zero-order valence-electron chi connectivity index (χ0n) is 16.8. The van der Waals surface area contributed by atoms with Gasteiger partial charge in [0.2, 0.25) is 0 Å². The molecule has 2 unspecified atom stereocenters. The number of hydrogen-bond donors (Lipinski definition) is 0. The summed E-state index contributed by atoms with van der Waals surface area (Å²) < 4.78 is 5.12. The van der Waals surface area contributed by atoms with E-state index in [2.05, 4.69) is 65.0 Å². The number of hydrogen-bond acceptors (Lipinski definition) is 2. The molecule has 0 spiro atoms. The van der Waals surface area contributed by atoms with Gasteiger partial charge in [0.25, 0.3) is 0 Å². The van der Waals surface area contributed by atoms with E-state index >= 15 is 0 Å². The van der Waals surface area contributed by atoms with Crippen molar-refractivity contribution in [3.8, 4) is 0 Å². The molecule has 138 valence electrons. The summed E-state index contributed by atoms with van der Waals surface area (Å²) >= 11 is 0. The summed E-state index contributed by atoms with van der Waals surface area (Å²) in [6, 6.07) is 0. The third-order valence-corrected chi connectivity index (χ3v) is 5.74. The van der Waals surface area contributed by atoms with E-state index in [-0.39, 0.29) is 22.7 Å². The molecule has 1 saturated carbocycles. The Morgan fingerprint density at radius 2 is 2.04 bits per heavy atom. The van der Waals surface area contributed by atoms with Gasteiger partial charge in [-0.1, -0.05) is 62.3 Å². The summed E-state index contributed by atoms with van der Waals surface area (Å²) in [7, 11) is 0. The smallest absolute Gasteiger partial charge is 0.309 e. The third-order valence-electron chi connectivity index (χ3n) is 5.74. The van der Waals surface area contributed by atoms with Crippen molar-refractivity contribution in [1.29, 1.82) is 0 Å². The van der Waals surface area contributed by atoms with Gasteiger partial charge >= 0.3 is 5.97 Å². The third kappa shape index (κ3) is 4.96. The Kier molecular flexibility index (Phi) is 6.13. The molecular formula is C23H34O2. The first-order valence-corrected chi connectivity index (χ1v) is 9.60. The molecule has 2 aliphatic carbocycles. The molecule has 2 aliphatic rings. The van der Waals surface area contributed by atoms with Crippen molar-refractivity contribution >= 4 is 5.97 Å². The number of allylic oxidation sites excluding steroid dienone is 8. The summed E-state index contributed by atoms with van der Waals surface area (Å²) in [5.74, 6) is -0.0269. The number of esters is 1. The Morgan fingerprint density at radius 1 is 1.32 bits per heavy atom. The van der Waals surface area contributed by atoms with Crippen molar-refractivity contribution in [2.45, 2.75) is 67.2 Å². The van der Waals surface area contributed by atoms with Crippen LogP contribution in [0.2, 0.25) is 0 Å². The Hall–Kier alpha value is -1.57. The quantitative estimate of drug-likeness (QED) is 0.427. The van der Waals surface area contributed by atoms with Gasteiger partial charge in [-0.15, -0.1) is 0 Å². The van der Waals surface area contributed by atoms with Crippen molar-refractivity contribution in [3.05, 3.63) is 47.1 Å². The summed E-state index contributed by atoms with van der Waals surface area (Å²) in [6.07, 6.45) is 15.6. The van der Waals surface area contributed by atoms with E-state index in [9.17, 15) is 4.79 Å².